The van der Waals surface area contributed by atoms with E-state index in [0.29, 0.717) is 0 Å². The van der Waals surface area contributed by atoms with Crippen LogP contribution < -0.4 is 5.72 Å². The van der Waals surface area contributed by atoms with Crippen LogP contribution in [0, 0.1) is 5.82 Å². The summed E-state index contributed by atoms with van der Waals surface area (Å²) in [6.45, 7) is 0. The van der Waals surface area contributed by atoms with Crippen LogP contribution in [-0.4, -0.2) is 17.2 Å². The first-order valence-corrected chi connectivity index (χ1v) is 7.11. The third-order valence-corrected chi connectivity index (χ3v) is 3.70. The van der Waals surface area contributed by atoms with Gasteiger partial charge in [-0.3, -0.25) is 4.98 Å². The van der Waals surface area contributed by atoms with E-state index in [1.54, 1.807) is 6.20 Å². The zero-order chi connectivity index (χ0) is 14.5. The van der Waals surface area contributed by atoms with Gasteiger partial charge in [0.2, 0.25) is 7.28 Å². The van der Waals surface area contributed by atoms with Crippen LogP contribution in [0.2, 0.25) is 6.32 Å². The summed E-state index contributed by atoms with van der Waals surface area (Å²) >= 11 is 0. The summed E-state index contributed by atoms with van der Waals surface area (Å²) < 4.78 is 13.1. The first-order valence-electron chi connectivity index (χ1n) is 7.11. The fourth-order valence-electron chi connectivity index (χ4n) is 2.62. The third-order valence-electron chi connectivity index (χ3n) is 3.70. The fraction of sp³-hybridized carbons (Fsp3) is 0.118. The monoisotopic (exact) mass is 278 g/mol. The zero-order valence-electron chi connectivity index (χ0n) is 11.7. The molecule has 0 spiro atoms. The molecule has 2 aromatic carbocycles. The van der Waals surface area contributed by atoms with Crippen LogP contribution in [0.4, 0.5) is 4.39 Å². The molecule has 1 heterocycles. The molecule has 3 aromatic rings. The molecule has 1 aromatic heterocycles. The van der Waals surface area contributed by atoms with E-state index in [9.17, 15) is 4.39 Å². The van der Waals surface area contributed by atoms with E-state index in [1.807, 2.05) is 36.5 Å². The van der Waals surface area contributed by atoms with Crippen LogP contribution in [0.3, 0.4) is 0 Å². The van der Waals surface area contributed by atoms with Crippen molar-refractivity contribution in [1.29, 1.82) is 0 Å². The molecule has 104 valence electrons. The highest BCUT2D eigenvalue weighted by Crippen LogP contribution is 2.28. The summed E-state index contributed by atoms with van der Waals surface area (Å²) in [6.07, 6.45) is 4.54. The van der Waals surface area contributed by atoms with E-state index in [4.69, 9.17) is 0 Å². The lowest BCUT2D eigenvalue weighted by Gasteiger charge is -2.17. The second-order valence-electron chi connectivity index (χ2n) is 5.09. The molecule has 0 aliphatic carbocycles. The minimum atomic E-state index is -0.198. The van der Waals surface area contributed by atoms with Gasteiger partial charge in [-0.25, -0.2) is 4.39 Å². The Morgan fingerprint density at radius 3 is 2.38 bits per heavy atom. The number of aromatic nitrogens is 2. The summed E-state index contributed by atoms with van der Waals surface area (Å²) in [5.74, 6) is 0.0495. The number of rotatable bonds is 5. The number of aromatic amines is 1. The Morgan fingerprint density at radius 2 is 1.71 bits per heavy atom. The molecule has 1 N–H and O–H groups in total. The summed E-state index contributed by atoms with van der Waals surface area (Å²) in [5.41, 5.74) is 3.36. The van der Waals surface area contributed by atoms with Gasteiger partial charge in [0.25, 0.3) is 0 Å². The molecular formula is C17H16BFN2. The minimum absolute atomic E-state index is 0.198. The van der Waals surface area contributed by atoms with E-state index in [1.165, 1.54) is 17.7 Å². The number of H-pyrrole nitrogens is 1. The van der Waals surface area contributed by atoms with Crippen molar-refractivity contribution in [3.63, 3.8) is 0 Å². The lowest BCUT2D eigenvalue weighted by Crippen LogP contribution is -2.20. The molecule has 0 aliphatic heterocycles. The molecule has 1 unspecified atom stereocenters. The topological polar surface area (TPSA) is 28.7 Å². The molecule has 4 heteroatoms. The summed E-state index contributed by atoms with van der Waals surface area (Å²) in [7, 11) is 0.865. The van der Waals surface area contributed by atoms with E-state index in [0.717, 1.165) is 24.9 Å². The van der Waals surface area contributed by atoms with Crippen molar-refractivity contribution in [2.24, 2.45) is 0 Å². The standard InChI is InChI=1S/C17H16BFN2/c19-15-8-6-14(7-9-15)16(13-4-2-1-3-5-13)12-18-17-20-10-11-21-17/h1-11,16,18H,12H2,(H,20,21). The first kappa shape index (κ1) is 13.6. The maximum absolute atomic E-state index is 13.1. The van der Waals surface area contributed by atoms with Gasteiger partial charge in [0, 0.05) is 18.3 Å². The predicted octanol–water partition coefficient (Wildman–Crippen LogP) is 2.86. The van der Waals surface area contributed by atoms with Gasteiger partial charge in [0.05, 0.1) is 5.72 Å². The van der Waals surface area contributed by atoms with Gasteiger partial charge in [0.1, 0.15) is 5.82 Å². The lowest BCUT2D eigenvalue weighted by molar-refractivity contribution is 0.626. The van der Waals surface area contributed by atoms with E-state index < -0.39 is 0 Å². The smallest absolute Gasteiger partial charge is 0.205 e. The predicted molar refractivity (Wildman–Crippen MR) is 84.9 cm³/mol. The molecule has 0 fully saturated rings. The number of benzene rings is 2. The van der Waals surface area contributed by atoms with E-state index >= 15 is 0 Å². The Hall–Kier alpha value is -2.36. The minimum Gasteiger partial charge on any atom is -0.357 e. The van der Waals surface area contributed by atoms with Gasteiger partial charge >= 0.3 is 0 Å². The van der Waals surface area contributed by atoms with Crippen molar-refractivity contribution >= 4 is 13.0 Å². The van der Waals surface area contributed by atoms with Crippen molar-refractivity contribution in [3.05, 3.63) is 83.9 Å². The number of hydrogen-bond donors (Lipinski definition) is 1. The SMILES string of the molecule is Fc1ccc(C(CBc2ncc[nH]2)c2ccccc2)cc1. The van der Waals surface area contributed by atoms with Crippen molar-refractivity contribution in [1.82, 2.24) is 9.97 Å². The van der Waals surface area contributed by atoms with E-state index in [-0.39, 0.29) is 11.7 Å². The Morgan fingerprint density at radius 1 is 1.00 bits per heavy atom. The van der Waals surface area contributed by atoms with Gasteiger partial charge in [-0.2, -0.15) is 0 Å². The molecule has 2 nitrogen and oxygen atoms in total. The molecule has 0 radical (unpaired) electrons. The normalized spacial score (nSPS) is 12.0. The Balaban J connectivity index is 1.85. The van der Waals surface area contributed by atoms with Crippen molar-refractivity contribution in [3.8, 4) is 0 Å². The van der Waals surface area contributed by atoms with Crippen LogP contribution in [0.5, 0.6) is 0 Å². The molecule has 21 heavy (non-hydrogen) atoms. The van der Waals surface area contributed by atoms with Crippen molar-refractivity contribution < 1.29 is 4.39 Å². The molecule has 1 atom stereocenters. The number of imidazole rings is 1. The molecule has 3 rings (SSSR count). The second kappa shape index (κ2) is 6.40. The number of hydrogen-bond acceptors (Lipinski definition) is 1. The second-order valence-corrected chi connectivity index (χ2v) is 5.09. The highest BCUT2D eigenvalue weighted by molar-refractivity contribution is 6.51. The Kier molecular flexibility index (Phi) is 4.15. The van der Waals surface area contributed by atoms with Crippen LogP contribution in [0.25, 0.3) is 0 Å². The van der Waals surface area contributed by atoms with Crippen molar-refractivity contribution in [2.45, 2.75) is 12.2 Å². The highest BCUT2D eigenvalue weighted by Gasteiger charge is 2.15. The van der Waals surface area contributed by atoms with Gasteiger partial charge in [0.15, 0.2) is 0 Å². The van der Waals surface area contributed by atoms with Gasteiger partial charge < -0.3 is 4.98 Å². The Bertz CT molecular complexity index is 666. The largest absolute Gasteiger partial charge is 0.357 e. The van der Waals surface area contributed by atoms with Crippen LogP contribution in [0.1, 0.15) is 17.0 Å². The third kappa shape index (κ3) is 3.40. The number of halogens is 1. The average molecular weight is 278 g/mol. The number of nitrogens with one attached hydrogen (secondary N) is 1. The van der Waals surface area contributed by atoms with Crippen molar-refractivity contribution in [2.75, 3.05) is 0 Å². The molecule has 0 saturated heterocycles. The van der Waals surface area contributed by atoms with Gasteiger partial charge in [-0.15, -0.1) is 0 Å². The molecule has 0 bridgehead atoms. The molecular weight excluding hydrogens is 262 g/mol. The van der Waals surface area contributed by atoms with Gasteiger partial charge in [-0.1, -0.05) is 48.8 Å². The average Bonchev–Trinajstić information content (AvgIpc) is 3.04. The zero-order valence-corrected chi connectivity index (χ0v) is 11.7. The summed E-state index contributed by atoms with van der Waals surface area (Å²) in [5, 5.41) is 0. The maximum atomic E-state index is 13.1. The Labute approximate surface area is 124 Å². The molecule has 0 amide bonds. The first-order chi connectivity index (χ1) is 10.3. The highest BCUT2D eigenvalue weighted by atomic mass is 19.1. The summed E-state index contributed by atoms with van der Waals surface area (Å²) in [6, 6.07) is 17.1. The summed E-state index contributed by atoms with van der Waals surface area (Å²) in [4.78, 5) is 7.41. The van der Waals surface area contributed by atoms with Crippen LogP contribution in [0.15, 0.2) is 67.0 Å². The fourth-order valence-corrected chi connectivity index (χ4v) is 2.62. The van der Waals surface area contributed by atoms with E-state index in [2.05, 4.69) is 22.1 Å². The lowest BCUT2D eigenvalue weighted by atomic mass is 9.66. The van der Waals surface area contributed by atoms with Crippen LogP contribution in [-0.2, 0) is 0 Å². The molecule has 0 saturated carbocycles. The molecule has 0 aliphatic rings. The van der Waals surface area contributed by atoms with Crippen LogP contribution >= 0.6 is 0 Å². The quantitative estimate of drug-likeness (QED) is 0.714. The van der Waals surface area contributed by atoms with Gasteiger partial charge in [-0.05, 0) is 23.3 Å². The number of nitrogens with zero attached hydrogens (tertiary/aromatic N) is 1. The maximum Gasteiger partial charge on any atom is 0.205 e.